The number of likely N-dealkylation sites (N-methyl/N-ethyl adjacent to an activating group) is 1. The van der Waals surface area contributed by atoms with Crippen LogP contribution in [0.5, 0.6) is 0 Å². The number of nitrogens with two attached hydrogens (primary N) is 1. The van der Waals surface area contributed by atoms with Crippen LogP contribution in [0.2, 0.25) is 0 Å². The summed E-state index contributed by atoms with van der Waals surface area (Å²) in [5.41, 5.74) is 7.45. The zero-order valence-corrected chi connectivity index (χ0v) is 14.3. The van der Waals surface area contributed by atoms with Crippen molar-refractivity contribution >= 4 is 21.8 Å². The molecule has 3 N–H and O–H groups in total. The highest BCUT2D eigenvalue weighted by atomic mass is 79.9. The number of hydrogen-bond acceptors (Lipinski definition) is 3. The van der Waals surface area contributed by atoms with Crippen LogP contribution in [0.4, 0.5) is 0 Å². The van der Waals surface area contributed by atoms with E-state index < -0.39 is 0 Å². The van der Waals surface area contributed by atoms with Crippen LogP contribution in [0.25, 0.3) is 0 Å². The monoisotopic (exact) mass is 353 g/mol. The van der Waals surface area contributed by atoms with E-state index in [2.05, 4.69) is 34.2 Å². The van der Waals surface area contributed by atoms with Gasteiger partial charge in [-0.05, 0) is 37.9 Å². The number of amides is 1. The van der Waals surface area contributed by atoms with Gasteiger partial charge in [0.1, 0.15) is 0 Å². The van der Waals surface area contributed by atoms with Crippen molar-refractivity contribution in [2.45, 2.75) is 44.3 Å². The smallest absolute Gasteiger partial charge is 0.234 e. The van der Waals surface area contributed by atoms with Crippen LogP contribution in [0.3, 0.4) is 0 Å². The largest absolute Gasteiger partial charge is 0.352 e. The molecule has 0 radical (unpaired) electrons. The molecule has 2 rings (SSSR count). The maximum absolute atomic E-state index is 12.0. The summed E-state index contributed by atoms with van der Waals surface area (Å²) in [6, 6.07) is 8.49. The first-order valence-corrected chi connectivity index (χ1v) is 8.31. The Morgan fingerprint density at radius 2 is 2.14 bits per heavy atom. The van der Waals surface area contributed by atoms with Gasteiger partial charge in [0.25, 0.3) is 0 Å². The molecular weight excluding hydrogens is 330 g/mol. The molecule has 1 amide bonds. The second kappa shape index (κ2) is 7.38. The van der Waals surface area contributed by atoms with Crippen LogP contribution in [0.1, 0.15) is 37.8 Å². The van der Waals surface area contributed by atoms with Crippen molar-refractivity contribution in [1.29, 1.82) is 0 Å². The zero-order valence-electron chi connectivity index (χ0n) is 12.7. The van der Waals surface area contributed by atoms with Crippen LogP contribution in [-0.2, 0) is 4.79 Å². The summed E-state index contributed by atoms with van der Waals surface area (Å²) in [6.45, 7) is 2.45. The third-order valence-corrected chi connectivity index (χ3v) is 4.63. The first kappa shape index (κ1) is 16.5. The van der Waals surface area contributed by atoms with Crippen molar-refractivity contribution in [2.24, 2.45) is 5.73 Å². The molecule has 2 atom stereocenters. The quantitative estimate of drug-likeness (QED) is 0.791. The van der Waals surface area contributed by atoms with Crippen LogP contribution < -0.4 is 11.1 Å². The highest BCUT2D eigenvalue weighted by Crippen LogP contribution is 2.30. The van der Waals surface area contributed by atoms with Gasteiger partial charge in [-0.1, -0.05) is 41.1 Å². The van der Waals surface area contributed by atoms with Crippen molar-refractivity contribution in [3.8, 4) is 0 Å². The molecule has 1 saturated carbocycles. The zero-order chi connectivity index (χ0) is 15.4. The van der Waals surface area contributed by atoms with Gasteiger partial charge in [-0.2, -0.15) is 0 Å². The molecule has 116 valence electrons. The standard InChI is InChI=1S/C16H24BrN3O/c1-3-14(18)16(12-6-4-5-7-13(12)17)20(2)10-15(21)19-11-8-9-11/h4-7,11,14,16H,3,8-10,18H2,1-2H3,(H,19,21). The molecule has 0 aromatic heterocycles. The lowest BCUT2D eigenvalue weighted by Crippen LogP contribution is -2.44. The minimum Gasteiger partial charge on any atom is -0.352 e. The lowest BCUT2D eigenvalue weighted by atomic mass is 9.96. The van der Waals surface area contributed by atoms with Crippen LogP contribution in [0, 0.1) is 0 Å². The Bertz CT molecular complexity index is 490. The van der Waals surface area contributed by atoms with E-state index in [1.165, 1.54) is 0 Å². The number of nitrogens with one attached hydrogen (secondary N) is 1. The molecule has 21 heavy (non-hydrogen) atoms. The van der Waals surface area contributed by atoms with E-state index in [1.54, 1.807) is 0 Å². The van der Waals surface area contributed by atoms with Crippen molar-refractivity contribution in [3.63, 3.8) is 0 Å². The molecule has 2 unspecified atom stereocenters. The van der Waals surface area contributed by atoms with E-state index in [1.807, 2.05) is 30.1 Å². The van der Waals surface area contributed by atoms with Gasteiger partial charge in [-0.25, -0.2) is 0 Å². The Morgan fingerprint density at radius 1 is 1.48 bits per heavy atom. The lowest BCUT2D eigenvalue weighted by molar-refractivity contribution is -0.122. The molecule has 1 aliphatic rings. The summed E-state index contributed by atoms with van der Waals surface area (Å²) >= 11 is 3.60. The van der Waals surface area contributed by atoms with Gasteiger partial charge in [0.15, 0.2) is 0 Å². The van der Waals surface area contributed by atoms with Crippen molar-refractivity contribution < 1.29 is 4.79 Å². The number of halogens is 1. The molecule has 1 fully saturated rings. The first-order valence-electron chi connectivity index (χ1n) is 7.52. The van der Waals surface area contributed by atoms with Gasteiger partial charge in [-0.15, -0.1) is 0 Å². The Balaban J connectivity index is 2.11. The van der Waals surface area contributed by atoms with Crippen molar-refractivity contribution in [2.75, 3.05) is 13.6 Å². The topological polar surface area (TPSA) is 58.4 Å². The molecule has 0 saturated heterocycles. The maximum atomic E-state index is 12.0. The number of benzene rings is 1. The highest BCUT2D eigenvalue weighted by molar-refractivity contribution is 9.10. The number of rotatable bonds is 7. The summed E-state index contributed by atoms with van der Waals surface area (Å²) in [4.78, 5) is 14.1. The third kappa shape index (κ3) is 4.53. The van der Waals surface area contributed by atoms with Gasteiger partial charge >= 0.3 is 0 Å². The van der Waals surface area contributed by atoms with Gasteiger partial charge in [0.2, 0.25) is 5.91 Å². The summed E-state index contributed by atoms with van der Waals surface area (Å²) in [7, 11) is 1.96. The normalized spacial score (nSPS) is 17.6. The third-order valence-electron chi connectivity index (χ3n) is 3.91. The SMILES string of the molecule is CCC(N)C(c1ccccc1Br)N(C)CC(=O)NC1CC1. The van der Waals surface area contributed by atoms with E-state index in [0.29, 0.717) is 12.6 Å². The predicted molar refractivity (Wildman–Crippen MR) is 88.9 cm³/mol. The number of nitrogens with zero attached hydrogens (tertiary/aromatic N) is 1. The number of hydrogen-bond donors (Lipinski definition) is 2. The fourth-order valence-electron chi connectivity index (χ4n) is 2.56. The minimum atomic E-state index is -0.0116. The fourth-order valence-corrected chi connectivity index (χ4v) is 3.08. The Hall–Kier alpha value is -0.910. The molecule has 1 aliphatic carbocycles. The van der Waals surface area contributed by atoms with Gasteiger partial charge in [0, 0.05) is 16.6 Å². The Morgan fingerprint density at radius 3 is 2.71 bits per heavy atom. The minimum absolute atomic E-state index is 0.0116. The van der Waals surface area contributed by atoms with Crippen LogP contribution in [0.15, 0.2) is 28.7 Å². The second-order valence-electron chi connectivity index (χ2n) is 5.80. The van der Waals surface area contributed by atoms with Gasteiger partial charge in [0.05, 0.1) is 12.6 Å². The summed E-state index contributed by atoms with van der Waals surface area (Å²) in [5.74, 6) is 0.0837. The van der Waals surface area contributed by atoms with Crippen molar-refractivity contribution in [3.05, 3.63) is 34.3 Å². The number of carbonyl (C=O) groups excluding carboxylic acids is 1. The summed E-state index contributed by atoms with van der Waals surface area (Å²) in [6.07, 6.45) is 3.08. The lowest BCUT2D eigenvalue weighted by Gasteiger charge is -2.33. The van der Waals surface area contributed by atoms with E-state index in [9.17, 15) is 4.79 Å². The fraction of sp³-hybridized carbons (Fsp3) is 0.562. The van der Waals surface area contributed by atoms with Crippen LogP contribution >= 0.6 is 15.9 Å². The van der Waals surface area contributed by atoms with E-state index in [0.717, 1.165) is 29.3 Å². The van der Waals surface area contributed by atoms with Crippen molar-refractivity contribution in [1.82, 2.24) is 10.2 Å². The maximum Gasteiger partial charge on any atom is 0.234 e. The molecule has 1 aromatic rings. The molecule has 4 nitrogen and oxygen atoms in total. The molecular formula is C16H24BrN3O. The molecule has 0 heterocycles. The Labute approximate surface area is 135 Å². The van der Waals surface area contributed by atoms with E-state index >= 15 is 0 Å². The molecule has 5 heteroatoms. The van der Waals surface area contributed by atoms with E-state index in [-0.39, 0.29) is 18.0 Å². The molecule has 1 aromatic carbocycles. The highest BCUT2D eigenvalue weighted by Gasteiger charge is 2.28. The number of carbonyl (C=O) groups is 1. The molecule has 0 aliphatic heterocycles. The second-order valence-corrected chi connectivity index (χ2v) is 6.65. The molecule has 0 spiro atoms. The summed E-state index contributed by atoms with van der Waals surface area (Å²) in [5, 5.41) is 3.03. The van der Waals surface area contributed by atoms with Gasteiger partial charge < -0.3 is 11.1 Å². The molecule has 0 bridgehead atoms. The van der Waals surface area contributed by atoms with E-state index in [4.69, 9.17) is 5.73 Å². The first-order chi connectivity index (χ1) is 10.0. The van der Waals surface area contributed by atoms with Gasteiger partial charge in [-0.3, -0.25) is 9.69 Å². The average molecular weight is 354 g/mol. The predicted octanol–water partition coefficient (Wildman–Crippen LogP) is 2.44. The Kier molecular flexibility index (Phi) is 5.79. The van der Waals surface area contributed by atoms with Crippen LogP contribution in [-0.4, -0.2) is 36.5 Å². The average Bonchev–Trinajstić information content (AvgIpc) is 3.24. The summed E-state index contributed by atoms with van der Waals surface area (Å²) < 4.78 is 1.04.